The number of aromatic carboxylic acids is 1. The van der Waals surface area contributed by atoms with E-state index >= 15 is 0 Å². The summed E-state index contributed by atoms with van der Waals surface area (Å²) >= 11 is 0. The van der Waals surface area contributed by atoms with Crippen LogP contribution in [0.3, 0.4) is 0 Å². The van der Waals surface area contributed by atoms with Gasteiger partial charge in [-0.1, -0.05) is 24.3 Å². The first-order valence-corrected chi connectivity index (χ1v) is 6.11. The van der Waals surface area contributed by atoms with Gasteiger partial charge in [-0.05, 0) is 23.3 Å². The number of rotatable bonds is 2. The van der Waals surface area contributed by atoms with Gasteiger partial charge in [0.25, 0.3) is 0 Å². The maximum atomic E-state index is 14.0. The van der Waals surface area contributed by atoms with Crippen LogP contribution < -0.4 is 4.90 Å². The van der Waals surface area contributed by atoms with Crippen molar-refractivity contribution in [2.75, 3.05) is 4.90 Å². The molecular formula is C15H11F2NO2. The molecule has 0 saturated heterocycles. The molecule has 1 heterocycles. The van der Waals surface area contributed by atoms with Gasteiger partial charge in [-0.3, -0.25) is 0 Å². The molecule has 1 aliphatic heterocycles. The van der Waals surface area contributed by atoms with E-state index in [2.05, 4.69) is 0 Å². The Morgan fingerprint density at radius 3 is 2.15 bits per heavy atom. The number of carbonyl (C=O) groups is 1. The van der Waals surface area contributed by atoms with E-state index in [0.29, 0.717) is 13.1 Å². The molecule has 102 valence electrons. The molecule has 0 unspecified atom stereocenters. The van der Waals surface area contributed by atoms with Gasteiger partial charge in [0.2, 0.25) is 0 Å². The lowest BCUT2D eigenvalue weighted by Gasteiger charge is -2.19. The first-order valence-electron chi connectivity index (χ1n) is 6.11. The Bertz CT molecular complexity index is 675. The standard InChI is InChI=1S/C15H11F2NO2/c16-13-11(15(19)20)5-6-12(14(13)17)18-7-9-3-1-2-4-10(9)8-18/h1-6H,7-8H2,(H,19,20). The predicted molar refractivity (Wildman–Crippen MR) is 69.6 cm³/mol. The van der Waals surface area contributed by atoms with Gasteiger partial charge in [-0.15, -0.1) is 0 Å². The van der Waals surface area contributed by atoms with Crippen molar-refractivity contribution >= 4 is 11.7 Å². The average molecular weight is 275 g/mol. The summed E-state index contributed by atoms with van der Waals surface area (Å²) in [5.41, 5.74) is 1.57. The summed E-state index contributed by atoms with van der Waals surface area (Å²) in [6.45, 7) is 0.970. The number of anilines is 1. The minimum Gasteiger partial charge on any atom is -0.478 e. The van der Waals surface area contributed by atoms with Gasteiger partial charge in [0.15, 0.2) is 11.6 Å². The SMILES string of the molecule is O=C(O)c1ccc(N2Cc3ccccc3C2)c(F)c1F. The van der Waals surface area contributed by atoms with E-state index in [-0.39, 0.29) is 5.69 Å². The second-order valence-electron chi connectivity index (χ2n) is 4.69. The van der Waals surface area contributed by atoms with Crippen molar-refractivity contribution < 1.29 is 18.7 Å². The van der Waals surface area contributed by atoms with Crippen LogP contribution in [0.15, 0.2) is 36.4 Å². The number of fused-ring (bicyclic) bond motifs is 1. The minimum atomic E-state index is -1.47. The van der Waals surface area contributed by atoms with Crippen LogP contribution in [0.25, 0.3) is 0 Å². The van der Waals surface area contributed by atoms with Gasteiger partial charge >= 0.3 is 5.97 Å². The maximum Gasteiger partial charge on any atom is 0.338 e. The van der Waals surface area contributed by atoms with E-state index in [4.69, 9.17) is 5.11 Å². The Morgan fingerprint density at radius 2 is 1.60 bits per heavy atom. The van der Waals surface area contributed by atoms with Crippen LogP contribution in [0.2, 0.25) is 0 Å². The summed E-state index contributed by atoms with van der Waals surface area (Å²) in [4.78, 5) is 12.5. The largest absolute Gasteiger partial charge is 0.478 e. The van der Waals surface area contributed by atoms with Gasteiger partial charge in [0.1, 0.15) is 0 Å². The predicted octanol–water partition coefficient (Wildman–Crippen LogP) is 3.18. The Balaban J connectivity index is 1.98. The van der Waals surface area contributed by atoms with Crippen LogP contribution in [-0.4, -0.2) is 11.1 Å². The van der Waals surface area contributed by atoms with Crippen molar-refractivity contribution in [3.8, 4) is 0 Å². The molecule has 5 heteroatoms. The van der Waals surface area contributed by atoms with E-state index in [9.17, 15) is 13.6 Å². The molecule has 0 aromatic heterocycles. The summed E-state index contributed by atoms with van der Waals surface area (Å²) in [5.74, 6) is -3.90. The smallest absolute Gasteiger partial charge is 0.338 e. The third kappa shape index (κ3) is 1.91. The van der Waals surface area contributed by atoms with E-state index in [0.717, 1.165) is 17.2 Å². The maximum absolute atomic E-state index is 14.0. The number of benzene rings is 2. The van der Waals surface area contributed by atoms with Crippen molar-refractivity contribution in [3.63, 3.8) is 0 Å². The molecule has 0 aliphatic carbocycles. The van der Waals surface area contributed by atoms with E-state index in [1.54, 1.807) is 4.90 Å². The van der Waals surface area contributed by atoms with Crippen molar-refractivity contribution in [3.05, 3.63) is 64.7 Å². The highest BCUT2D eigenvalue weighted by atomic mass is 19.2. The molecular weight excluding hydrogens is 264 g/mol. The normalized spacial score (nSPS) is 13.4. The van der Waals surface area contributed by atoms with Crippen molar-refractivity contribution in [2.24, 2.45) is 0 Å². The number of carboxylic acid groups (broad SMARTS) is 1. The number of carboxylic acids is 1. The monoisotopic (exact) mass is 275 g/mol. The summed E-state index contributed by atoms with van der Waals surface area (Å²) in [6, 6.07) is 10.1. The van der Waals surface area contributed by atoms with Gasteiger partial charge in [-0.2, -0.15) is 0 Å². The average Bonchev–Trinajstić information content (AvgIpc) is 2.84. The van der Waals surface area contributed by atoms with E-state index < -0.39 is 23.2 Å². The van der Waals surface area contributed by atoms with Crippen LogP contribution in [-0.2, 0) is 13.1 Å². The first-order chi connectivity index (χ1) is 9.58. The molecule has 2 aromatic rings. The molecule has 0 amide bonds. The zero-order valence-corrected chi connectivity index (χ0v) is 10.4. The lowest BCUT2D eigenvalue weighted by atomic mass is 10.1. The lowest BCUT2D eigenvalue weighted by Crippen LogP contribution is -2.17. The van der Waals surface area contributed by atoms with E-state index in [1.807, 2.05) is 24.3 Å². The van der Waals surface area contributed by atoms with E-state index in [1.165, 1.54) is 6.07 Å². The van der Waals surface area contributed by atoms with Crippen molar-refractivity contribution in [1.82, 2.24) is 0 Å². The second kappa shape index (κ2) is 4.59. The van der Waals surface area contributed by atoms with Crippen molar-refractivity contribution in [1.29, 1.82) is 0 Å². The quantitative estimate of drug-likeness (QED) is 0.915. The number of hydrogen-bond donors (Lipinski definition) is 1. The Kier molecular flexibility index (Phi) is 2.89. The molecule has 3 rings (SSSR count). The first kappa shape index (κ1) is 12.6. The fourth-order valence-corrected chi connectivity index (χ4v) is 2.45. The lowest BCUT2D eigenvalue weighted by molar-refractivity contribution is 0.0690. The Morgan fingerprint density at radius 1 is 1.00 bits per heavy atom. The Labute approximate surface area is 114 Å². The minimum absolute atomic E-state index is 0.0868. The molecule has 0 atom stereocenters. The van der Waals surface area contributed by atoms with Crippen LogP contribution in [0.1, 0.15) is 21.5 Å². The van der Waals surface area contributed by atoms with Crippen LogP contribution in [0.5, 0.6) is 0 Å². The summed E-state index contributed by atoms with van der Waals surface area (Å²) in [7, 11) is 0. The zero-order chi connectivity index (χ0) is 14.3. The molecule has 20 heavy (non-hydrogen) atoms. The van der Waals surface area contributed by atoms with Crippen molar-refractivity contribution in [2.45, 2.75) is 13.1 Å². The van der Waals surface area contributed by atoms with Gasteiger partial charge < -0.3 is 10.0 Å². The molecule has 0 bridgehead atoms. The molecule has 1 N–H and O–H groups in total. The molecule has 3 nitrogen and oxygen atoms in total. The number of nitrogens with zero attached hydrogens (tertiary/aromatic N) is 1. The summed E-state index contributed by atoms with van der Waals surface area (Å²) in [6.07, 6.45) is 0. The fraction of sp³-hybridized carbons (Fsp3) is 0.133. The highest BCUT2D eigenvalue weighted by Gasteiger charge is 2.25. The molecule has 1 aliphatic rings. The topological polar surface area (TPSA) is 40.5 Å². The molecule has 0 spiro atoms. The van der Waals surface area contributed by atoms with Gasteiger partial charge in [0.05, 0.1) is 11.3 Å². The highest BCUT2D eigenvalue weighted by molar-refractivity contribution is 5.88. The second-order valence-corrected chi connectivity index (χ2v) is 4.69. The third-order valence-electron chi connectivity index (χ3n) is 3.47. The number of hydrogen-bond acceptors (Lipinski definition) is 2. The van der Waals surface area contributed by atoms with Gasteiger partial charge in [0, 0.05) is 13.1 Å². The fourth-order valence-electron chi connectivity index (χ4n) is 2.45. The van der Waals surface area contributed by atoms with Gasteiger partial charge in [-0.25, -0.2) is 13.6 Å². The summed E-state index contributed by atoms with van der Waals surface area (Å²) in [5, 5.41) is 8.77. The third-order valence-corrected chi connectivity index (χ3v) is 3.47. The van der Waals surface area contributed by atoms with Crippen LogP contribution >= 0.6 is 0 Å². The number of halogens is 2. The molecule has 2 aromatic carbocycles. The van der Waals surface area contributed by atoms with Crippen LogP contribution in [0.4, 0.5) is 14.5 Å². The molecule has 0 radical (unpaired) electrons. The molecule has 0 fully saturated rings. The highest BCUT2D eigenvalue weighted by Crippen LogP contribution is 2.31. The molecule has 0 saturated carbocycles. The van der Waals surface area contributed by atoms with Crippen LogP contribution in [0, 0.1) is 11.6 Å². The Hall–Kier alpha value is -2.43. The summed E-state index contributed by atoms with van der Waals surface area (Å²) < 4.78 is 27.7. The zero-order valence-electron chi connectivity index (χ0n) is 10.4.